The van der Waals surface area contributed by atoms with Gasteiger partial charge in [0.2, 0.25) is 5.28 Å². The van der Waals surface area contributed by atoms with E-state index < -0.39 is 0 Å². The molecule has 1 aromatic heterocycles. The summed E-state index contributed by atoms with van der Waals surface area (Å²) in [5.74, 6) is 0.456. The second-order valence-corrected chi connectivity index (χ2v) is 4.88. The second kappa shape index (κ2) is 5.53. The maximum Gasteiger partial charge on any atom is 0.224 e. The molecule has 0 aliphatic heterocycles. The molecule has 1 heterocycles. The van der Waals surface area contributed by atoms with Crippen molar-refractivity contribution in [1.82, 2.24) is 9.97 Å². The van der Waals surface area contributed by atoms with Crippen molar-refractivity contribution in [1.29, 1.82) is 0 Å². The Balaban J connectivity index is 2.22. The first kappa shape index (κ1) is 13.7. The van der Waals surface area contributed by atoms with E-state index in [2.05, 4.69) is 15.3 Å². The molecule has 0 aliphatic rings. The van der Waals surface area contributed by atoms with Crippen LogP contribution < -0.4 is 5.32 Å². The van der Waals surface area contributed by atoms with Crippen molar-refractivity contribution in [3.8, 4) is 0 Å². The third kappa shape index (κ3) is 3.20. The van der Waals surface area contributed by atoms with Gasteiger partial charge in [-0.3, -0.25) is 0 Å². The van der Waals surface area contributed by atoms with Crippen LogP contribution in [0.1, 0.15) is 29.7 Å². The lowest BCUT2D eigenvalue weighted by molar-refractivity contribution is 0.614. The molecule has 0 spiro atoms. The molecule has 3 nitrogen and oxygen atoms in total. The summed E-state index contributed by atoms with van der Waals surface area (Å²) in [6, 6.07) is 5.13. The Morgan fingerprint density at radius 3 is 2.68 bits per heavy atom. The van der Waals surface area contributed by atoms with Gasteiger partial charge in [0.1, 0.15) is 11.6 Å². The molecule has 0 saturated heterocycles. The fraction of sp³-hybridized carbons (Fsp3) is 0.286. The van der Waals surface area contributed by atoms with Gasteiger partial charge in [-0.05, 0) is 49.6 Å². The standard InChI is InChI=1S/C14H15ClFN3/c1-8-4-5-11(6-12(8)16)10(3)18-13-9(2)7-17-14(15)19-13/h4-7,10H,1-3H3,(H,17,18,19). The molecule has 0 fully saturated rings. The Labute approximate surface area is 116 Å². The fourth-order valence-corrected chi connectivity index (χ4v) is 1.87. The first-order valence-electron chi connectivity index (χ1n) is 5.99. The normalized spacial score (nSPS) is 12.3. The predicted octanol–water partition coefficient (Wildman–Crippen LogP) is 4.06. The zero-order valence-corrected chi connectivity index (χ0v) is 11.8. The Bertz CT molecular complexity index is 601. The first-order chi connectivity index (χ1) is 8.97. The summed E-state index contributed by atoms with van der Waals surface area (Å²) in [4.78, 5) is 8.03. The number of hydrogen-bond donors (Lipinski definition) is 1. The summed E-state index contributed by atoms with van der Waals surface area (Å²) in [5.41, 5.74) is 2.39. The van der Waals surface area contributed by atoms with Gasteiger partial charge in [0, 0.05) is 11.8 Å². The minimum Gasteiger partial charge on any atom is -0.363 e. The molecule has 0 aliphatic carbocycles. The van der Waals surface area contributed by atoms with Crippen LogP contribution in [0.25, 0.3) is 0 Å². The molecule has 100 valence electrons. The first-order valence-corrected chi connectivity index (χ1v) is 6.37. The lowest BCUT2D eigenvalue weighted by atomic mass is 10.1. The molecule has 5 heteroatoms. The smallest absolute Gasteiger partial charge is 0.224 e. The van der Waals surface area contributed by atoms with E-state index in [9.17, 15) is 4.39 Å². The van der Waals surface area contributed by atoms with Crippen LogP contribution in [0.2, 0.25) is 5.28 Å². The van der Waals surface area contributed by atoms with Crippen LogP contribution in [0.15, 0.2) is 24.4 Å². The van der Waals surface area contributed by atoms with E-state index in [0.717, 1.165) is 11.1 Å². The molecular weight excluding hydrogens is 265 g/mol. The van der Waals surface area contributed by atoms with Crippen molar-refractivity contribution in [2.24, 2.45) is 0 Å². The number of aryl methyl sites for hydroxylation is 2. The molecule has 0 radical (unpaired) electrons. The summed E-state index contributed by atoms with van der Waals surface area (Å²) in [5, 5.41) is 3.40. The van der Waals surface area contributed by atoms with Crippen LogP contribution >= 0.6 is 11.6 Å². The number of nitrogens with one attached hydrogen (secondary N) is 1. The highest BCUT2D eigenvalue weighted by atomic mass is 35.5. The minimum absolute atomic E-state index is 0.0697. The number of halogens is 2. The van der Waals surface area contributed by atoms with Crippen LogP contribution in [0, 0.1) is 19.7 Å². The highest BCUT2D eigenvalue weighted by molar-refractivity contribution is 6.28. The van der Waals surface area contributed by atoms with Gasteiger partial charge in [0.15, 0.2) is 0 Å². The van der Waals surface area contributed by atoms with Crippen molar-refractivity contribution >= 4 is 17.4 Å². The lowest BCUT2D eigenvalue weighted by Gasteiger charge is -2.16. The van der Waals surface area contributed by atoms with Gasteiger partial charge in [-0.15, -0.1) is 0 Å². The van der Waals surface area contributed by atoms with Gasteiger partial charge < -0.3 is 5.32 Å². The van der Waals surface area contributed by atoms with E-state index in [1.807, 2.05) is 19.9 Å². The monoisotopic (exact) mass is 279 g/mol. The quantitative estimate of drug-likeness (QED) is 0.861. The maximum absolute atomic E-state index is 13.5. The molecule has 1 unspecified atom stereocenters. The zero-order valence-electron chi connectivity index (χ0n) is 11.0. The Morgan fingerprint density at radius 2 is 2.00 bits per heavy atom. The topological polar surface area (TPSA) is 37.8 Å². The fourth-order valence-electron chi connectivity index (χ4n) is 1.73. The molecule has 19 heavy (non-hydrogen) atoms. The number of rotatable bonds is 3. The van der Waals surface area contributed by atoms with E-state index in [1.54, 1.807) is 19.2 Å². The van der Waals surface area contributed by atoms with Gasteiger partial charge in [0.05, 0.1) is 6.04 Å². The van der Waals surface area contributed by atoms with Crippen molar-refractivity contribution in [3.63, 3.8) is 0 Å². The number of hydrogen-bond acceptors (Lipinski definition) is 3. The van der Waals surface area contributed by atoms with Gasteiger partial charge >= 0.3 is 0 Å². The van der Waals surface area contributed by atoms with Gasteiger partial charge in [-0.2, -0.15) is 0 Å². The van der Waals surface area contributed by atoms with Gasteiger partial charge in [0.25, 0.3) is 0 Å². The number of nitrogens with zero attached hydrogens (tertiary/aromatic N) is 2. The summed E-state index contributed by atoms with van der Waals surface area (Å²) in [6.07, 6.45) is 1.65. The molecule has 0 saturated carbocycles. The van der Waals surface area contributed by atoms with Crippen LogP contribution in [0.5, 0.6) is 0 Å². The SMILES string of the molecule is Cc1ccc(C(C)Nc2nc(Cl)ncc2C)cc1F. The van der Waals surface area contributed by atoms with Crippen LogP contribution in [0.4, 0.5) is 10.2 Å². The molecule has 0 amide bonds. The number of benzene rings is 1. The molecule has 0 bridgehead atoms. The number of aromatic nitrogens is 2. The Kier molecular flexibility index (Phi) is 4.00. The zero-order chi connectivity index (χ0) is 14.0. The van der Waals surface area contributed by atoms with Gasteiger partial charge in [-0.1, -0.05) is 12.1 Å². The maximum atomic E-state index is 13.5. The van der Waals surface area contributed by atoms with E-state index in [0.29, 0.717) is 11.4 Å². The lowest BCUT2D eigenvalue weighted by Crippen LogP contribution is -2.10. The largest absolute Gasteiger partial charge is 0.363 e. The molecule has 1 atom stereocenters. The molecule has 2 aromatic rings. The molecule has 2 rings (SSSR count). The molecule has 1 N–H and O–H groups in total. The number of anilines is 1. The van der Waals surface area contributed by atoms with Crippen molar-refractivity contribution in [3.05, 3.63) is 52.2 Å². The third-order valence-corrected chi connectivity index (χ3v) is 3.17. The summed E-state index contributed by atoms with van der Waals surface area (Å²) < 4.78 is 13.5. The van der Waals surface area contributed by atoms with E-state index in [-0.39, 0.29) is 17.1 Å². The van der Waals surface area contributed by atoms with Crippen LogP contribution in [0.3, 0.4) is 0 Å². The average molecular weight is 280 g/mol. The highest BCUT2D eigenvalue weighted by Gasteiger charge is 2.10. The summed E-state index contributed by atoms with van der Waals surface area (Å²) in [7, 11) is 0. The summed E-state index contributed by atoms with van der Waals surface area (Å²) >= 11 is 5.77. The minimum atomic E-state index is -0.205. The second-order valence-electron chi connectivity index (χ2n) is 4.55. The van der Waals surface area contributed by atoms with E-state index >= 15 is 0 Å². The van der Waals surface area contributed by atoms with Gasteiger partial charge in [-0.25, -0.2) is 14.4 Å². The molecule has 1 aromatic carbocycles. The van der Waals surface area contributed by atoms with E-state index in [4.69, 9.17) is 11.6 Å². The van der Waals surface area contributed by atoms with Crippen molar-refractivity contribution in [2.45, 2.75) is 26.8 Å². The van der Waals surface area contributed by atoms with Crippen molar-refractivity contribution < 1.29 is 4.39 Å². The average Bonchev–Trinajstić information content (AvgIpc) is 2.37. The van der Waals surface area contributed by atoms with E-state index in [1.165, 1.54) is 6.07 Å². The molecular formula is C14H15ClFN3. The Hall–Kier alpha value is -1.68. The summed E-state index contributed by atoms with van der Waals surface area (Å²) in [6.45, 7) is 5.58. The highest BCUT2D eigenvalue weighted by Crippen LogP contribution is 2.22. The third-order valence-electron chi connectivity index (χ3n) is 2.99. The van der Waals surface area contributed by atoms with Crippen LogP contribution in [-0.2, 0) is 0 Å². The van der Waals surface area contributed by atoms with Crippen molar-refractivity contribution in [2.75, 3.05) is 5.32 Å². The predicted molar refractivity (Wildman–Crippen MR) is 75.0 cm³/mol. The van der Waals surface area contributed by atoms with Crippen LogP contribution in [-0.4, -0.2) is 9.97 Å². The Morgan fingerprint density at radius 1 is 1.26 bits per heavy atom.